The first kappa shape index (κ1) is 34.1. The molecule has 230 valence electrons. The van der Waals surface area contributed by atoms with E-state index in [1.54, 1.807) is 0 Å². The lowest BCUT2D eigenvalue weighted by Gasteiger charge is -2.46. The summed E-state index contributed by atoms with van der Waals surface area (Å²) in [6, 6.07) is 33.6. The quantitative estimate of drug-likeness (QED) is 0.150. The molecule has 0 aliphatic rings. The van der Waals surface area contributed by atoms with Gasteiger partial charge in [-0.2, -0.15) is 5.06 Å². The van der Waals surface area contributed by atoms with Crippen molar-refractivity contribution in [3.63, 3.8) is 0 Å². The first-order valence-corrected chi connectivity index (χ1v) is 16.8. The SMILES string of the molecule is CCCCC(CC(c1ccccc1)C(CCCC)ON(C(c1ccccc1)C(C)C)C(C)(C)C)C(C)c1ccccc1. The van der Waals surface area contributed by atoms with E-state index in [0.717, 1.165) is 19.3 Å². The maximum absolute atomic E-state index is 7.44. The van der Waals surface area contributed by atoms with Crippen molar-refractivity contribution in [2.24, 2.45) is 11.8 Å². The molecule has 0 N–H and O–H groups in total. The number of hydroxylamine groups is 2. The zero-order valence-electron chi connectivity index (χ0n) is 27.9. The van der Waals surface area contributed by atoms with E-state index in [1.165, 1.54) is 42.4 Å². The Labute approximate surface area is 258 Å². The van der Waals surface area contributed by atoms with E-state index in [0.29, 0.717) is 23.7 Å². The van der Waals surface area contributed by atoms with Crippen LogP contribution in [0.15, 0.2) is 91.0 Å². The second-order valence-electron chi connectivity index (χ2n) is 13.7. The second kappa shape index (κ2) is 17.0. The topological polar surface area (TPSA) is 12.5 Å². The Balaban J connectivity index is 2.06. The predicted molar refractivity (Wildman–Crippen MR) is 182 cm³/mol. The molecule has 5 unspecified atom stereocenters. The van der Waals surface area contributed by atoms with Crippen molar-refractivity contribution in [2.45, 2.75) is 130 Å². The molecule has 0 saturated heterocycles. The fourth-order valence-electron chi connectivity index (χ4n) is 6.56. The van der Waals surface area contributed by atoms with Crippen LogP contribution in [-0.4, -0.2) is 16.7 Å². The van der Waals surface area contributed by atoms with Crippen molar-refractivity contribution < 1.29 is 4.84 Å². The van der Waals surface area contributed by atoms with Gasteiger partial charge in [-0.1, -0.05) is 151 Å². The van der Waals surface area contributed by atoms with Crippen molar-refractivity contribution in [2.75, 3.05) is 0 Å². The molecular weight excluding hydrogens is 510 g/mol. The minimum Gasteiger partial charge on any atom is -0.294 e. The smallest absolute Gasteiger partial charge is 0.0862 e. The first-order chi connectivity index (χ1) is 20.2. The Kier molecular flexibility index (Phi) is 13.8. The van der Waals surface area contributed by atoms with Gasteiger partial charge in [0.25, 0.3) is 0 Å². The highest BCUT2D eigenvalue weighted by atomic mass is 16.7. The molecule has 3 aromatic carbocycles. The molecule has 0 amide bonds. The highest BCUT2D eigenvalue weighted by Gasteiger charge is 2.38. The van der Waals surface area contributed by atoms with Crippen LogP contribution in [0.1, 0.15) is 135 Å². The summed E-state index contributed by atoms with van der Waals surface area (Å²) >= 11 is 0. The Morgan fingerprint density at radius 1 is 0.643 bits per heavy atom. The van der Waals surface area contributed by atoms with Gasteiger partial charge in [-0.25, -0.2) is 0 Å². The van der Waals surface area contributed by atoms with Gasteiger partial charge in [-0.15, -0.1) is 0 Å². The van der Waals surface area contributed by atoms with Crippen LogP contribution in [0.5, 0.6) is 0 Å². The van der Waals surface area contributed by atoms with Crippen LogP contribution in [0.4, 0.5) is 0 Å². The van der Waals surface area contributed by atoms with Gasteiger partial charge < -0.3 is 0 Å². The Morgan fingerprint density at radius 2 is 1.12 bits per heavy atom. The van der Waals surface area contributed by atoms with E-state index in [4.69, 9.17) is 4.84 Å². The third kappa shape index (κ3) is 9.81. The molecule has 0 radical (unpaired) electrons. The van der Waals surface area contributed by atoms with Crippen LogP contribution < -0.4 is 0 Å². The minimum atomic E-state index is -0.157. The number of benzene rings is 3. The van der Waals surface area contributed by atoms with Gasteiger partial charge >= 0.3 is 0 Å². The fraction of sp³-hybridized carbons (Fsp3) is 0.550. The molecule has 42 heavy (non-hydrogen) atoms. The predicted octanol–water partition coefficient (Wildman–Crippen LogP) is 11.8. The molecule has 0 aliphatic heterocycles. The van der Waals surface area contributed by atoms with Gasteiger partial charge in [0, 0.05) is 11.5 Å². The molecule has 3 aromatic rings. The maximum atomic E-state index is 7.44. The molecule has 2 nitrogen and oxygen atoms in total. The Morgan fingerprint density at radius 3 is 1.60 bits per heavy atom. The van der Waals surface area contributed by atoms with E-state index in [9.17, 15) is 0 Å². The van der Waals surface area contributed by atoms with Crippen LogP contribution in [0.2, 0.25) is 0 Å². The highest BCUT2D eigenvalue weighted by Crippen LogP contribution is 2.42. The molecular formula is C40H59NO. The van der Waals surface area contributed by atoms with Gasteiger partial charge in [0.2, 0.25) is 0 Å². The average Bonchev–Trinajstić information content (AvgIpc) is 2.99. The van der Waals surface area contributed by atoms with Crippen molar-refractivity contribution in [1.82, 2.24) is 5.06 Å². The summed E-state index contributed by atoms with van der Waals surface area (Å²) in [7, 11) is 0. The van der Waals surface area contributed by atoms with E-state index in [-0.39, 0.29) is 17.7 Å². The van der Waals surface area contributed by atoms with Gasteiger partial charge in [-0.05, 0) is 74.5 Å². The summed E-state index contributed by atoms with van der Waals surface area (Å²) < 4.78 is 0. The molecule has 0 spiro atoms. The highest BCUT2D eigenvalue weighted by molar-refractivity contribution is 5.24. The summed E-state index contributed by atoms with van der Waals surface area (Å²) in [5.74, 6) is 1.81. The summed E-state index contributed by atoms with van der Waals surface area (Å²) in [5.41, 5.74) is 4.04. The van der Waals surface area contributed by atoms with E-state index in [2.05, 4.69) is 151 Å². The first-order valence-electron chi connectivity index (χ1n) is 16.8. The molecule has 5 atom stereocenters. The van der Waals surface area contributed by atoms with Crippen LogP contribution in [-0.2, 0) is 4.84 Å². The van der Waals surface area contributed by atoms with Crippen molar-refractivity contribution in [1.29, 1.82) is 0 Å². The van der Waals surface area contributed by atoms with Crippen LogP contribution in [0, 0.1) is 11.8 Å². The number of hydrogen-bond donors (Lipinski definition) is 0. The molecule has 0 bridgehead atoms. The second-order valence-corrected chi connectivity index (χ2v) is 13.7. The zero-order chi connectivity index (χ0) is 30.5. The lowest BCUT2D eigenvalue weighted by molar-refractivity contribution is -0.280. The Bertz CT molecular complexity index is 1100. The molecule has 0 saturated carbocycles. The fourth-order valence-corrected chi connectivity index (χ4v) is 6.56. The molecule has 0 aliphatic carbocycles. The maximum Gasteiger partial charge on any atom is 0.0862 e. The number of hydrogen-bond acceptors (Lipinski definition) is 2. The molecule has 0 fully saturated rings. The largest absolute Gasteiger partial charge is 0.294 e. The molecule has 3 rings (SSSR count). The third-order valence-electron chi connectivity index (χ3n) is 8.97. The van der Waals surface area contributed by atoms with E-state index < -0.39 is 0 Å². The number of unbranched alkanes of at least 4 members (excludes halogenated alkanes) is 2. The van der Waals surface area contributed by atoms with E-state index in [1.807, 2.05) is 0 Å². The molecule has 0 heterocycles. The van der Waals surface area contributed by atoms with Gasteiger partial charge in [-0.3, -0.25) is 4.84 Å². The van der Waals surface area contributed by atoms with Crippen LogP contribution in [0.3, 0.4) is 0 Å². The van der Waals surface area contributed by atoms with Gasteiger partial charge in [0.05, 0.1) is 12.1 Å². The number of rotatable bonds is 17. The average molecular weight is 570 g/mol. The minimum absolute atomic E-state index is 0.101. The summed E-state index contributed by atoms with van der Waals surface area (Å²) in [5, 5.41) is 2.37. The number of nitrogens with zero attached hydrogens (tertiary/aromatic N) is 1. The van der Waals surface area contributed by atoms with E-state index >= 15 is 0 Å². The third-order valence-corrected chi connectivity index (χ3v) is 8.97. The standard InChI is InChI=1S/C40H59NO/c1-9-11-22-36(32(5)33-23-16-13-17-24-33)30-37(34-25-18-14-19-26-34)38(29-12-10-2)42-41(40(6,7)8)39(31(3)4)35-27-20-15-21-28-35/h13-21,23-28,31-32,36-39H,9-12,22,29-30H2,1-8H3. The monoisotopic (exact) mass is 569 g/mol. The van der Waals surface area contributed by atoms with Gasteiger partial charge in [0.1, 0.15) is 0 Å². The molecule has 0 aromatic heterocycles. The van der Waals surface area contributed by atoms with Crippen molar-refractivity contribution in [3.8, 4) is 0 Å². The summed E-state index contributed by atoms with van der Waals surface area (Å²) in [6.45, 7) is 18.7. The molecule has 2 heteroatoms. The summed E-state index contributed by atoms with van der Waals surface area (Å²) in [6.07, 6.45) is 8.37. The van der Waals surface area contributed by atoms with Crippen molar-refractivity contribution >= 4 is 0 Å². The van der Waals surface area contributed by atoms with Crippen molar-refractivity contribution in [3.05, 3.63) is 108 Å². The van der Waals surface area contributed by atoms with Crippen LogP contribution >= 0.6 is 0 Å². The lowest BCUT2D eigenvalue weighted by atomic mass is 9.75. The van der Waals surface area contributed by atoms with Gasteiger partial charge in [0.15, 0.2) is 0 Å². The van der Waals surface area contributed by atoms with Crippen LogP contribution in [0.25, 0.3) is 0 Å². The normalized spacial score (nSPS) is 15.9. The lowest BCUT2D eigenvalue weighted by Crippen LogP contribution is -2.48. The summed E-state index contributed by atoms with van der Waals surface area (Å²) in [4.78, 5) is 7.44. The Hall–Kier alpha value is -2.42. The zero-order valence-corrected chi connectivity index (χ0v) is 27.9.